The van der Waals surface area contributed by atoms with Gasteiger partial charge in [-0.1, -0.05) is 52.2 Å². The van der Waals surface area contributed by atoms with E-state index < -0.39 is 0 Å². The second-order valence-electron chi connectivity index (χ2n) is 4.60. The molecule has 0 saturated carbocycles. The smallest absolute Gasteiger partial charge is 0.0267 e. The quantitative estimate of drug-likeness (QED) is 0.368. The van der Waals surface area contributed by atoms with Gasteiger partial charge in [0.25, 0.3) is 0 Å². The fraction of sp³-hybridized carbons (Fsp3) is 0.688. The average Bonchev–Trinajstić information content (AvgIpc) is 2.33. The van der Waals surface area contributed by atoms with E-state index in [2.05, 4.69) is 44.8 Å². The zero-order chi connectivity index (χ0) is 12.9. The minimum atomic E-state index is 0.675. The summed E-state index contributed by atoms with van der Waals surface area (Å²) in [6.45, 7) is 8.85. The highest BCUT2D eigenvalue weighted by atomic mass is 14.7. The van der Waals surface area contributed by atoms with Crippen molar-refractivity contribution in [3.05, 3.63) is 24.4 Å². The third-order valence-electron chi connectivity index (χ3n) is 2.93. The van der Waals surface area contributed by atoms with E-state index in [1.165, 1.54) is 37.8 Å². The molecule has 98 valence electrons. The van der Waals surface area contributed by atoms with Crippen molar-refractivity contribution in [2.75, 3.05) is 0 Å². The molecular weight excluding hydrogens is 206 g/mol. The molecule has 1 nitrogen and oxygen atoms in total. The molecule has 0 amide bonds. The van der Waals surface area contributed by atoms with Crippen LogP contribution in [0.15, 0.2) is 29.4 Å². The van der Waals surface area contributed by atoms with Gasteiger partial charge in [0.2, 0.25) is 0 Å². The number of unbranched alkanes of at least 4 members (excludes halogenated alkanes) is 1. The maximum Gasteiger partial charge on any atom is 0.0267 e. The molecule has 0 aromatic carbocycles. The van der Waals surface area contributed by atoms with E-state index in [-0.39, 0.29) is 0 Å². The van der Waals surface area contributed by atoms with Gasteiger partial charge in [0, 0.05) is 11.9 Å². The van der Waals surface area contributed by atoms with Crippen LogP contribution in [-0.2, 0) is 0 Å². The van der Waals surface area contributed by atoms with Crippen molar-refractivity contribution in [1.82, 2.24) is 0 Å². The minimum Gasteiger partial charge on any atom is -0.266 e. The van der Waals surface area contributed by atoms with Crippen LogP contribution in [0, 0.1) is 5.92 Å². The Kier molecular flexibility index (Phi) is 11.0. The van der Waals surface area contributed by atoms with Gasteiger partial charge in [-0.3, -0.25) is 4.99 Å². The number of hydrogen-bond donors (Lipinski definition) is 0. The minimum absolute atomic E-state index is 0.675. The van der Waals surface area contributed by atoms with Gasteiger partial charge in [-0.05, 0) is 38.2 Å². The summed E-state index contributed by atoms with van der Waals surface area (Å²) in [6.07, 6.45) is 15.6. The number of aliphatic imine (C=N–C) groups is 1. The molecule has 0 fully saturated rings. The molecule has 0 aromatic rings. The number of hydrogen-bond acceptors (Lipinski definition) is 1. The van der Waals surface area contributed by atoms with Crippen molar-refractivity contribution in [2.24, 2.45) is 10.9 Å². The lowest BCUT2D eigenvalue weighted by molar-refractivity contribution is 0.557. The highest BCUT2D eigenvalue weighted by molar-refractivity contribution is 5.84. The normalized spacial score (nSPS) is 13.4. The first-order chi connectivity index (χ1) is 8.26. The number of allylic oxidation sites excluding steroid dienone is 3. The first-order valence-corrected chi connectivity index (χ1v) is 7.12. The summed E-state index contributed by atoms with van der Waals surface area (Å²) in [6, 6.07) is 0. The number of rotatable bonds is 9. The van der Waals surface area contributed by atoms with Gasteiger partial charge in [0.15, 0.2) is 0 Å². The van der Waals surface area contributed by atoms with Gasteiger partial charge in [0.1, 0.15) is 0 Å². The molecule has 0 aliphatic rings. The first kappa shape index (κ1) is 16.1. The molecule has 0 radical (unpaired) electrons. The molecule has 0 N–H and O–H groups in total. The Morgan fingerprint density at radius 2 is 1.65 bits per heavy atom. The summed E-state index contributed by atoms with van der Waals surface area (Å²) in [5, 5.41) is 0. The second kappa shape index (κ2) is 11.6. The zero-order valence-electron chi connectivity index (χ0n) is 12.1. The molecular formula is C16H29N. The van der Waals surface area contributed by atoms with Gasteiger partial charge in [-0.2, -0.15) is 0 Å². The second-order valence-corrected chi connectivity index (χ2v) is 4.60. The largest absolute Gasteiger partial charge is 0.266 e. The average molecular weight is 235 g/mol. The van der Waals surface area contributed by atoms with Crippen LogP contribution in [0.1, 0.15) is 66.2 Å². The van der Waals surface area contributed by atoms with Crippen molar-refractivity contribution in [3.63, 3.8) is 0 Å². The number of nitrogens with zero attached hydrogens (tertiary/aromatic N) is 1. The van der Waals surface area contributed by atoms with Crippen LogP contribution in [0.25, 0.3) is 0 Å². The fourth-order valence-electron chi connectivity index (χ4n) is 1.92. The van der Waals surface area contributed by atoms with Crippen LogP contribution < -0.4 is 0 Å². The Bertz CT molecular complexity index is 242. The summed E-state index contributed by atoms with van der Waals surface area (Å²) in [4.78, 5) is 4.54. The molecule has 0 heterocycles. The fourth-order valence-corrected chi connectivity index (χ4v) is 1.92. The Balaban J connectivity index is 4.18. The molecule has 0 atom stereocenters. The lowest BCUT2D eigenvalue weighted by Gasteiger charge is -2.13. The summed E-state index contributed by atoms with van der Waals surface area (Å²) in [7, 11) is 0. The van der Waals surface area contributed by atoms with E-state index in [0.29, 0.717) is 5.92 Å². The Morgan fingerprint density at radius 3 is 2.18 bits per heavy atom. The SMILES string of the molecule is CCC/C=C/C=C\N=C(C)C(CCC)CCC. The molecule has 17 heavy (non-hydrogen) atoms. The lowest BCUT2D eigenvalue weighted by atomic mass is 9.94. The molecule has 1 heteroatoms. The van der Waals surface area contributed by atoms with E-state index in [1.54, 1.807) is 0 Å². The van der Waals surface area contributed by atoms with Gasteiger partial charge < -0.3 is 0 Å². The molecule has 0 spiro atoms. The van der Waals surface area contributed by atoms with Crippen LogP contribution in [-0.4, -0.2) is 5.71 Å². The highest BCUT2D eigenvalue weighted by Crippen LogP contribution is 2.15. The van der Waals surface area contributed by atoms with Crippen molar-refractivity contribution < 1.29 is 0 Å². The van der Waals surface area contributed by atoms with Crippen molar-refractivity contribution in [1.29, 1.82) is 0 Å². The molecule has 0 bridgehead atoms. The lowest BCUT2D eigenvalue weighted by Crippen LogP contribution is -2.10. The molecule has 0 aliphatic heterocycles. The molecule has 0 rings (SSSR count). The van der Waals surface area contributed by atoms with Crippen molar-refractivity contribution in [3.8, 4) is 0 Å². The Hall–Kier alpha value is -0.850. The monoisotopic (exact) mass is 235 g/mol. The third kappa shape index (κ3) is 8.91. The maximum atomic E-state index is 4.54. The van der Waals surface area contributed by atoms with E-state index in [1.807, 2.05) is 12.3 Å². The van der Waals surface area contributed by atoms with E-state index in [0.717, 1.165) is 6.42 Å². The summed E-state index contributed by atoms with van der Waals surface area (Å²) in [5.41, 5.74) is 1.29. The summed E-state index contributed by atoms with van der Waals surface area (Å²) >= 11 is 0. The van der Waals surface area contributed by atoms with Crippen LogP contribution in [0.3, 0.4) is 0 Å². The zero-order valence-corrected chi connectivity index (χ0v) is 12.1. The van der Waals surface area contributed by atoms with E-state index in [4.69, 9.17) is 0 Å². The molecule has 0 unspecified atom stereocenters. The van der Waals surface area contributed by atoms with Gasteiger partial charge in [0.05, 0.1) is 0 Å². The summed E-state index contributed by atoms with van der Waals surface area (Å²) < 4.78 is 0. The van der Waals surface area contributed by atoms with Crippen LogP contribution >= 0.6 is 0 Å². The predicted octanol–water partition coefficient (Wildman–Crippen LogP) is 5.53. The van der Waals surface area contributed by atoms with Crippen LogP contribution in [0.4, 0.5) is 0 Å². The third-order valence-corrected chi connectivity index (χ3v) is 2.93. The highest BCUT2D eigenvalue weighted by Gasteiger charge is 2.08. The topological polar surface area (TPSA) is 12.4 Å². The van der Waals surface area contributed by atoms with Gasteiger partial charge >= 0.3 is 0 Å². The first-order valence-electron chi connectivity index (χ1n) is 7.12. The Morgan fingerprint density at radius 1 is 1.00 bits per heavy atom. The maximum absolute atomic E-state index is 4.54. The Labute approximate surface area is 108 Å². The molecule has 0 saturated heterocycles. The molecule has 0 aromatic heterocycles. The standard InChI is InChI=1S/C16H29N/c1-5-8-9-10-11-14-17-15(4)16(12-6-2)13-7-3/h9-11,14,16H,5-8,12-13H2,1-4H3/b10-9+,14-11-,17-15?. The van der Waals surface area contributed by atoms with Gasteiger partial charge in [-0.15, -0.1) is 0 Å². The van der Waals surface area contributed by atoms with E-state index in [9.17, 15) is 0 Å². The summed E-state index contributed by atoms with van der Waals surface area (Å²) in [5.74, 6) is 0.675. The predicted molar refractivity (Wildman–Crippen MR) is 79.6 cm³/mol. The van der Waals surface area contributed by atoms with Crippen molar-refractivity contribution in [2.45, 2.75) is 66.2 Å². The van der Waals surface area contributed by atoms with Crippen LogP contribution in [0.5, 0.6) is 0 Å². The molecule has 0 aliphatic carbocycles. The van der Waals surface area contributed by atoms with Crippen molar-refractivity contribution >= 4 is 5.71 Å². The van der Waals surface area contributed by atoms with E-state index >= 15 is 0 Å². The van der Waals surface area contributed by atoms with Crippen LogP contribution in [0.2, 0.25) is 0 Å². The van der Waals surface area contributed by atoms with Gasteiger partial charge in [-0.25, -0.2) is 0 Å².